The molecule has 0 saturated heterocycles. The van der Waals surface area contributed by atoms with E-state index in [9.17, 15) is 0 Å². The summed E-state index contributed by atoms with van der Waals surface area (Å²) < 4.78 is 0. The highest BCUT2D eigenvalue weighted by Gasteiger charge is 1.85. The van der Waals surface area contributed by atoms with E-state index in [-0.39, 0.29) is 0 Å². The first kappa shape index (κ1) is 9.37. The maximum atomic E-state index is 4.29. The summed E-state index contributed by atoms with van der Waals surface area (Å²) in [6.07, 6.45) is 2.86. The molecule has 10 heavy (non-hydrogen) atoms. The molecule has 0 fully saturated rings. The summed E-state index contributed by atoms with van der Waals surface area (Å²) in [6, 6.07) is 0. The third-order valence-electron chi connectivity index (χ3n) is 1.15. The Labute approximate surface area is 63.0 Å². The van der Waals surface area contributed by atoms with Crippen LogP contribution in [0.3, 0.4) is 0 Å². The molecule has 0 aromatic heterocycles. The van der Waals surface area contributed by atoms with E-state index in [0.29, 0.717) is 0 Å². The van der Waals surface area contributed by atoms with Crippen molar-refractivity contribution in [1.82, 2.24) is 5.32 Å². The summed E-state index contributed by atoms with van der Waals surface area (Å²) in [7, 11) is 1.92. The quantitative estimate of drug-likeness (QED) is 0.347. The summed E-state index contributed by atoms with van der Waals surface area (Å²) in [5.74, 6) is 0. The van der Waals surface area contributed by atoms with Crippen molar-refractivity contribution in [3.63, 3.8) is 0 Å². The van der Waals surface area contributed by atoms with E-state index < -0.39 is 0 Å². The van der Waals surface area contributed by atoms with E-state index in [1.807, 2.05) is 20.0 Å². The number of aliphatic imine (C=N–C) groups is 1. The molecular formula is C8H16N2. The second kappa shape index (κ2) is 6.49. The zero-order valence-corrected chi connectivity index (χ0v) is 6.85. The topological polar surface area (TPSA) is 24.4 Å². The summed E-state index contributed by atoms with van der Waals surface area (Å²) in [5.41, 5.74) is 1.16. The average molecular weight is 140 g/mol. The normalized spacial score (nSPS) is 11.6. The fraction of sp³-hybridized carbons (Fsp3) is 0.625. The summed E-state index contributed by atoms with van der Waals surface area (Å²) in [5, 5.41) is 3.04. The van der Waals surface area contributed by atoms with Crippen molar-refractivity contribution in [2.45, 2.75) is 13.3 Å². The lowest BCUT2D eigenvalue weighted by Crippen LogP contribution is -2.15. The van der Waals surface area contributed by atoms with Crippen molar-refractivity contribution in [3.8, 4) is 0 Å². The molecule has 0 atom stereocenters. The molecule has 0 aromatic carbocycles. The smallest absolute Gasteiger partial charge is 0.0423 e. The van der Waals surface area contributed by atoms with Crippen LogP contribution in [0.4, 0.5) is 0 Å². The molecule has 0 aliphatic rings. The molecule has 0 aliphatic heterocycles. The summed E-state index contributed by atoms with van der Waals surface area (Å²) in [6.45, 7) is 7.40. The molecule has 0 aromatic rings. The highest BCUT2D eigenvalue weighted by molar-refractivity contribution is 5.83. The number of hydrogen-bond acceptors (Lipinski definition) is 2. The van der Waals surface area contributed by atoms with Gasteiger partial charge < -0.3 is 5.32 Å². The Morgan fingerprint density at radius 3 is 2.90 bits per heavy atom. The van der Waals surface area contributed by atoms with Gasteiger partial charge in [-0.1, -0.05) is 6.08 Å². The standard InChI is InChI=1S/C8H16N2/c1-4-5-6-10-8(2)7-9-3/h4,9H,1,5-7H2,2-3H3. The Morgan fingerprint density at radius 1 is 1.70 bits per heavy atom. The Bertz CT molecular complexity index is 116. The lowest BCUT2D eigenvalue weighted by molar-refractivity contribution is 0.922. The van der Waals surface area contributed by atoms with Gasteiger partial charge in [-0.2, -0.15) is 0 Å². The van der Waals surface area contributed by atoms with Crippen molar-refractivity contribution in [2.24, 2.45) is 4.99 Å². The van der Waals surface area contributed by atoms with Crippen LogP contribution in [0.25, 0.3) is 0 Å². The fourth-order valence-electron chi connectivity index (χ4n) is 0.658. The van der Waals surface area contributed by atoms with E-state index in [1.165, 1.54) is 0 Å². The minimum absolute atomic E-state index is 0.872. The van der Waals surface area contributed by atoms with E-state index in [2.05, 4.69) is 16.9 Å². The maximum Gasteiger partial charge on any atom is 0.0423 e. The van der Waals surface area contributed by atoms with Gasteiger partial charge in [-0.05, 0) is 20.4 Å². The number of nitrogens with one attached hydrogen (secondary N) is 1. The molecule has 1 N–H and O–H groups in total. The average Bonchev–Trinajstić information content (AvgIpc) is 1.89. The molecule has 0 bridgehead atoms. The Morgan fingerprint density at radius 2 is 2.40 bits per heavy atom. The first-order chi connectivity index (χ1) is 4.81. The lowest BCUT2D eigenvalue weighted by atomic mass is 10.4. The van der Waals surface area contributed by atoms with Gasteiger partial charge >= 0.3 is 0 Å². The minimum atomic E-state index is 0.872. The van der Waals surface area contributed by atoms with Gasteiger partial charge in [0.15, 0.2) is 0 Å². The Balaban J connectivity index is 3.36. The second-order valence-corrected chi connectivity index (χ2v) is 2.22. The van der Waals surface area contributed by atoms with Gasteiger partial charge in [0.25, 0.3) is 0 Å². The monoisotopic (exact) mass is 140 g/mol. The first-order valence-corrected chi connectivity index (χ1v) is 3.56. The van der Waals surface area contributed by atoms with E-state index in [4.69, 9.17) is 0 Å². The van der Waals surface area contributed by atoms with Crippen LogP contribution in [0.2, 0.25) is 0 Å². The van der Waals surface area contributed by atoms with Crippen LogP contribution in [0, 0.1) is 0 Å². The predicted octanol–water partition coefficient (Wildman–Crippen LogP) is 1.24. The number of rotatable bonds is 5. The van der Waals surface area contributed by atoms with Crippen molar-refractivity contribution in [1.29, 1.82) is 0 Å². The van der Waals surface area contributed by atoms with Crippen molar-refractivity contribution < 1.29 is 0 Å². The molecule has 0 saturated carbocycles. The van der Waals surface area contributed by atoms with Crippen LogP contribution in [-0.2, 0) is 0 Å². The van der Waals surface area contributed by atoms with Crippen molar-refractivity contribution in [3.05, 3.63) is 12.7 Å². The van der Waals surface area contributed by atoms with E-state index >= 15 is 0 Å². The highest BCUT2D eigenvalue weighted by Crippen LogP contribution is 1.82. The fourth-order valence-corrected chi connectivity index (χ4v) is 0.658. The van der Waals surface area contributed by atoms with Crippen LogP contribution in [-0.4, -0.2) is 25.8 Å². The largest absolute Gasteiger partial charge is 0.315 e. The van der Waals surface area contributed by atoms with Gasteiger partial charge in [-0.15, -0.1) is 6.58 Å². The first-order valence-electron chi connectivity index (χ1n) is 3.56. The predicted molar refractivity (Wildman–Crippen MR) is 46.7 cm³/mol. The minimum Gasteiger partial charge on any atom is -0.315 e. The van der Waals surface area contributed by atoms with Crippen molar-refractivity contribution in [2.75, 3.05) is 20.1 Å². The molecule has 0 unspecified atom stereocenters. The Hall–Kier alpha value is -0.630. The van der Waals surface area contributed by atoms with Gasteiger partial charge in [0.2, 0.25) is 0 Å². The van der Waals surface area contributed by atoms with Gasteiger partial charge in [0, 0.05) is 18.8 Å². The Kier molecular flexibility index (Phi) is 6.08. The van der Waals surface area contributed by atoms with Crippen LogP contribution in [0.1, 0.15) is 13.3 Å². The molecule has 0 amide bonds. The second-order valence-electron chi connectivity index (χ2n) is 2.22. The molecular weight excluding hydrogens is 124 g/mol. The summed E-state index contributed by atoms with van der Waals surface area (Å²) >= 11 is 0. The molecule has 2 heteroatoms. The SMILES string of the molecule is C=CCCN=C(C)CNC. The van der Waals surface area contributed by atoms with Crippen LogP contribution in [0.15, 0.2) is 17.6 Å². The molecule has 2 nitrogen and oxygen atoms in total. The highest BCUT2D eigenvalue weighted by atomic mass is 14.8. The molecule has 0 rings (SSSR count). The van der Waals surface area contributed by atoms with E-state index in [0.717, 1.165) is 25.2 Å². The molecule has 0 aliphatic carbocycles. The van der Waals surface area contributed by atoms with Gasteiger partial charge in [-0.3, -0.25) is 4.99 Å². The van der Waals surface area contributed by atoms with Gasteiger partial charge in [0.05, 0.1) is 0 Å². The number of nitrogens with zero attached hydrogens (tertiary/aromatic N) is 1. The zero-order chi connectivity index (χ0) is 7.82. The van der Waals surface area contributed by atoms with Crippen LogP contribution >= 0.6 is 0 Å². The van der Waals surface area contributed by atoms with Crippen LogP contribution < -0.4 is 5.32 Å². The van der Waals surface area contributed by atoms with Gasteiger partial charge in [-0.25, -0.2) is 0 Å². The maximum absolute atomic E-state index is 4.29. The molecule has 0 spiro atoms. The van der Waals surface area contributed by atoms with Crippen molar-refractivity contribution >= 4 is 5.71 Å². The van der Waals surface area contributed by atoms with Crippen LogP contribution in [0.5, 0.6) is 0 Å². The third kappa shape index (κ3) is 5.51. The summed E-state index contributed by atoms with van der Waals surface area (Å²) in [4.78, 5) is 4.29. The third-order valence-corrected chi connectivity index (χ3v) is 1.15. The molecule has 0 radical (unpaired) electrons. The zero-order valence-electron chi connectivity index (χ0n) is 6.85. The number of hydrogen-bond donors (Lipinski definition) is 1. The van der Waals surface area contributed by atoms with E-state index in [1.54, 1.807) is 0 Å². The molecule has 58 valence electrons. The lowest BCUT2D eigenvalue weighted by Gasteiger charge is -1.96. The van der Waals surface area contributed by atoms with Gasteiger partial charge in [0.1, 0.15) is 0 Å². The molecule has 0 heterocycles.